The number of benzene rings is 1. The van der Waals surface area contributed by atoms with Crippen molar-refractivity contribution in [2.75, 3.05) is 32.1 Å². The molecule has 1 unspecified atom stereocenters. The second-order valence-electron chi connectivity index (χ2n) is 9.87. The van der Waals surface area contributed by atoms with Crippen LogP contribution in [-0.4, -0.2) is 74.4 Å². The van der Waals surface area contributed by atoms with E-state index in [0.29, 0.717) is 41.4 Å². The van der Waals surface area contributed by atoms with Crippen LogP contribution in [-0.2, 0) is 11.8 Å². The molecule has 1 aliphatic heterocycles. The van der Waals surface area contributed by atoms with E-state index in [-0.39, 0.29) is 24.7 Å². The van der Waals surface area contributed by atoms with Crippen molar-refractivity contribution in [3.8, 4) is 22.8 Å². The first-order chi connectivity index (χ1) is 18.1. The molecule has 6 rings (SSSR count). The minimum absolute atomic E-state index is 0.00474. The smallest absolute Gasteiger partial charge is 0.264 e. The van der Waals surface area contributed by atoms with Crippen LogP contribution in [0.5, 0.6) is 0 Å². The molecule has 1 aliphatic carbocycles. The third-order valence-corrected chi connectivity index (χ3v) is 8.50. The zero-order chi connectivity index (χ0) is 25.5. The summed E-state index contributed by atoms with van der Waals surface area (Å²) < 4.78 is 7.41. The van der Waals surface area contributed by atoms with Crippen molar-refractivity contribution in [1.29, 1.82) is 0 Å². The molecule has 0 spiro atoms. The molecule has 1 amide bonds. The van der Waals surface area contributed by atoms with Gasteiger partial charge in [0.1, 0.15) is 15.5 Å². The highest BCUT2D eigenvalue weighted by molar-refractivity contribution is 7.21. The molecule has 2 fully saturated rings. The summed E-state index contributed by atoms with van der Waals surface area (Å²) in [4.78, 5) is 31.5. The van der Waals surface area contributed by atoms with Gasteiger partial charge in [-0.2, -0.15) is 0 Å². The van der Waals surface area contributed by atoms with Crippen LogP contribution in [0.15, 0.2) is 42.7 Å². The molecule has 9 nitrogen and oxygen atoms in total. The minimum Gasteiger partial charge on any atom is -0.396 e. The lowest BCUT2D eigenvalue weighted by molar-refractivity contribution is 0.0729. The number of thiophene rings is 1. The maximum Gasteiger partial charge on any atom is 0.264 e. The number of ether oxygens (including phenoxy) is 1. The summed E-state index contributed by atoms with van der Waals surface area (Å²) in [7, 11) is 3.61. The Hall–Kier alpha value is -3.34. The number of methoxy groups -OCH3 is 1. The molecule has 37 heavy (non-hydrogen) atoms. The van der Waals surface area contributed by atoms with Crippen molar-refractivity contribution in [2.45, 2.75) is 31.4 Å². The van der Waals surface area contributed by atoms with E-state index in [1.54, 1.807) is 13.3 Å². The maximum atomic E-state index is 13.9. The van der Waals surface area contributed by atoms with Gasteiger partial charge in [-0.3, -0.25) is 4.79 Å². The van der Waals surface area contributed by atoms with Gasteiger partial charge in [-0.05, 0) is 30.7 Å². The van der Waals surface area contributed by atoms with Gasteiger partial charge >= 0.3 is 0 Å². The summed E-state index contributed by atoms with van der Waals surface area (Å²) in [5.41, 5.74) is 1.82. The fourth-order valence-corrected chi connectivity index (χ4v) is 6.43. The Kier molecular flexibility index (Phi) is 6.39. The summed E-state index contributed by atoms with van der Waals surface area (Å²) >= 11 is 1.41. The highest BCUT2D eigenvalue weighted by atomic mass is 32.1. The Morgan fingerprint density at radius 1 is 1.24 bits per heavy atom. The first kappa shape index (κ1) is 24.0. The van der Waals surface area contributed by atoms with Gasteiger partial charge in [-0.1, -0.05) is 30.3 Å². The largest absolute Gasteiger partial charge is 0.396 e. The second-order valence-corrected chi connectivity index (χ2v) is 10.9. The fraction of sp³-hybridized carbons (Fsp3) is 0.407. The number of aliphatic hydroxyl groups excluding tert-OH is 1. The predicted molar refractivity (Wildman–Crippen MR) is 144 cm³/mol. The number of nitrogens with zero attached hydrogens (tertiary/aromatic N) is 5. The summed E-state index contributed by atoms with van der Waals surface area (Å²) in [6.45, 7) is 1.44. The number of aromatic nitrogens is 4. The molecule has 1 atom stereocenters. The number of imidazole rings is 1. The van der Waals surface area contributed by atoms with Crippen molar-refractivity contribution >= 4 is 33.3 Å². The van der Waals surface area contributed by atoms with Gasteiger partial charge in [0.15, 0.2) is 11.6 Å². The number of fused-ring (bicyclic) bond motifs is 1. The average Bonchev–Trinajstić information content (AvgIpc) is 3.63. The lowest BCUT2D eigenvalue weighted by atomic mass is 9.81. The SMILES string of the molecule is COC1CCN(C(=O)c2sc3nc(-c4nccn4C)nc(NC4CC(CO)C4)c3c2-c2ccccc2)C1. The monoisotopic (exact) mass is 518 g/mol. The molecule has 4 heterocycles. The highest BCUT2D eigenvalue weighted by Gasteiger charge is 2.34. The minimum atomic E-state index is -0.00474. The Morgan fingerprint density at radius 3 is 2.73 bits per heavy atom. The number of hydrogen-bond acceptors (Lipinski definition) is 8. The van der Waals surface area contributed by atoms with Gasteiger partial charge in [-0.25, -0.2) is 15.0 Å². The van der Waals surface area contributed by atoms with Crippen molar-refractivity contribution in [3.05, 3.63) is 47.6 Å². The standard InChI is InChI=1S/C27H30N6O3S/c1-32-11-9-28-25(32)24-30-23(29-18-12-16(13-18)15-34)21-20(17-6-4-3-5-7-17)22(37-26(21)31-24)27(35)33-10-8-19(14-33)36-2/h3-7,9,11,16,18-19,34H,8,10,12-15H2,1-2H3,(H,29,30,31). The summed E-state index contributed by atoms with van der Waals surface area (Å²) in [6.07, 6.45) is 6.24. The third kappa shape index (κ3) is 4.39. The van der Waals surface area contributed by atoms with Crippen LogP contribution in [0.3, 0.4) is 0 Å². The first-order valence-electron chi connectivity index (χ1n) is 12.6. The molecule has 0 bridgehead atoms. The van der Waals surface area contributed by atoms with Crippen LogP contribution < -0.4 is 5.32 Å². The molecule has 2 N–H and O–H groups in total. The Labute approximate surface area is 219 Å². The highest BCUT2D eigenvalue weighted by Crippen LogP contribution is 2.44. The number of anilines is 1. The number of carbonyl (C=O) groups is 1. The normalized spacial score (nSPS) is 21.4. The van der Waals surface area contributed by atoms with E-state index in [9.17, 15) is 9.90 Å². The Bertz CT molecular complexity index is 1430. The zero-order valence-corrected chi connectivity index (χ0v) is 21.7. The van der Waals surface area contributed by atoms with Gasteiger partial charge in [0.05, 0.1) is 11.5 Å². The molecule has 0 radical (unpaired) electrons. The van der Waals surface area contributed by atoms with Crippen LogP contribution in [0.2, 0.25) is 0 Å². The second kappa shape index (κ2) is 9.85. The third-order valence-electron chi connectivity index (χ3n) is 7.43. The van der Waals surface area contributed by atoms with Gasteiger partial charge in [-0.15, -0.1) is 11.3 Å². The van der Waals surface area contributed by atoms with Crippen molar-refractivity contribution in [1.82, 2.24) is 24.4 Å². The van der Waals surface area contributed by atoms with E-state index in [2.05, 4.69) is 10.3 Å². The molecule has 1 saturated heterocycles. The van der Waals surface area contributed by atoms with Gasteiger partial charge in [0, 0.05) is 57.9 Å². The molecule has 1 aromatic carbocycles. The molecule has 10 heteroatoms. The van der Waals surface area contributed by atoms with Gasteiger partial charge < -0.3 is 24.6 Å². The van der Waals surface area contributed by atoms with Crippen molar-refractivity contribution in [3.63, 3.8) is 0 Å². The lowest BCUT2D eigenvalue weighted by Crippen LogP contribution is -2.37. The van der Waals surface area contributed by atoms with Gasteiger partial charge in [0.2, 0.25) is 0 Å². The first-order valence-corrected chi connectivity index (χ1v) is 13.4. The molecule has 2 aliphatic rings. The van der Waals surface area contributed by atoms with Crippen LogP contribution in [0, 0.1) is 5.92 Å². The number of amides is 1. The van der Waals surface area contributed by atoms with E-state index in [1.165, 1.54) is 11.3 Å². The number of rotatable bonds is 7. The summed E-state index contributed by atoms with van der Waals surface area (Å²) in [5.74, 6) is 2.18. The molecular weight excluding hydrogens is 488 g/mol. The molecule has 192 valence electrons. The average molecular weight is 519 g/mol. The van der Waals surface area contributed by atoms with E-state index in [1.807, 2.05) is 53.0 Å². The van der Waals surface area contributed by atoms with E-state index < -0.39 is 0 Å². The fourth-order valence-electron chi connectivity index (χ4n) is 5.26. The predicted octanol–water partition coefficient (Wildman–Crippen LogP) is 3.80. The summed E-state index contributed by atoms with van der Waals surface area (Å²) in [6, 6.07) is 10.2. The molecular formula is C27H30N6O3S. The quantitative estimate of drug-likeness (QED) is 0.383. The number of aliphatic hydroxyl groups is 1. The molecule has 1 saturated carbocycles. The Morgan fingerprint density at radius 2 is 2.05 bits per heavy atom. The topological polar surface area (TPSA) is 105 Å². The molecule has 3 aromatic heterocycles. The van der Waals surface area contributed by atoms with Crippen LogP contribution in [0.25, 0.3) is 33.0 Å². The van der Waals surface area contributed by atoms with Crippen LogP contribution in [0.4, 0.5) is 5.82 Å². The maximum absolute atomic E-state index is 13.9. The van der Waals surface area contributed by atoms with Crippen LogP contribution in [0.1, 0.15) is 28.9 Å². The Balaban J connectivity index is 1.52. The number of aryl methyl sites for hydroxylation is 1. The van der Waals surface area contributed by atoms with Crippen molar-refractivity contribution < 1.29 is 14.6 Å². The summed E-state index contributed by atoms with van der Waals surface area (Å²) in [5, 5.41) is 14.0. The van der Waals surface area contributed by atoms with E-state index in [4.69, 9.17) is 14.7 Å². The number of carbonyl (C=O) groups excluding carboxylic acids is 1. The zero-order valence-electron chi connectivity index (χ0n) is 20.9. The van der Waals surface area contributed by atoms with Crippen LogP contribution >= 0.6 is 11.3 Å². The number of nitrogens with one attached hydrogen (secondary N) is 1. The molecule has 4 aromatic rings. The van der Waals surface area contributed by atoms with Gasteiger partial charge in [0.25, 0.3) is 5.91 Å². The number of likely N-dealkylation sites (tertiary alicyclic amines) is 1. The number of hydrogen-bond donors (Lipinski definition) is 2. The van der Waals surface area contributed by atoms with Crippen molar-refractivity contribution in [2.24, 2.45) is 13.0 Å². The van der Waals surface area contributed by atoms with E-state index >= 15 is 0 Å². The lowest BCUT2D eigenvalue weighted by Gasteiger charge is -2.35. The van der Waals surface area contributed by atoms with E-state index in [0.717, 1.165) is 40.6 Å².